The van der Waals surface area contributed by atoms with Crippen molar-refractivity contribution in [3.8, 4) is 0 Å². The molecule has 9 aromatic rings. The van der Waals surface area contributed by atoms with Crippen LogP contribution in [0.5, 0.6) is 0 Å². The summed E-state index contributed by atoms with van der Waals surface area (Å²) in [5, 5.41) is 17.2. The van der Waals surface area contributed by atoms with E-state index in [2.05, 4.69) is 89.9 Å². The first-order valence-corrected chi connectivity index (χ1v) is 51.6. The van der Waals surface area contributed by atoms with Gasteiger partial charge >= 0.3 is 17.1 Å². The number of likely N-dealkylation sites (tertiary alicyclic amines) is 2. The van der Waals surface area contributed by atoms with Gasteiger partial charge in [0.15, 0.2) is 64.9 Å². The minimum absolute atomic E-state index is 0. The molecule has 2 saturated heterocycles. The first-order valence-electron chi connectivity index (χ1n) is 45.2. The molecule has 8 aliphatic rings. The number of hydrogen-bond donors (Lipinski definition) is 4. The molecule has 17 rings (SSSR count). The molecule has 8 bridgehead atoms. The molecule has 761 valence electrons. The molecule has 42 heteroatoms. The number of imide groups is 1. The molecule has 143 heavy (non-hydrogen) atoms. The summed E-state index contributed by atoms with van der Waals surface area (Å²) >= 11 is 0.670. The second kappa shape index (κ2) is 52.5. The number of allylic oxidation sites excluding steroid dienone is 5. The zero-order valence-electron chi connectivity index (χ0n) is 81.5. The van der Waals surface area contributed by atoms with E-state index in [0.717, 1.165) is 42.7 Å². The van der Waals surface area contributed by atoms with Crippen LogP contribution in [0.1, 0.15) is 152 Å². The number of halogens is 1. The first kappa shape index (κ1) is 116. The number of nitrogens with one attached hydrogen (secondary N) is 1. The summed E-state index contributed by atoms with van der Waals surface area (Å²) in [7, 11) is -8.72. The summed E-state index contributed by atoms with van der Waals surface area (Å²) in [6, 6.07) is 59.7. The maximum atomic E-state index is 12.5. The van der Waals surface area contributed by atoms with Gasteiger partial charge in [0.2, 0.25) is 11.8 Å². The van der Waals surface area contributed by atoms with Crippen molar-refractivity contribution in [2.45, 2.75) is 124 Å². The molecule has 0 spiro atoms. The number of hydrogen-bond acceptors (Lipinski definition) is 29. The minimum Gasteiger partial charge on any atom is -1.00 e. The van der Waals surface area contributed by atoms with Crippen LogP contribution in [0.25, 0.3) is 5.57 Å². The Balaban J connectivity index is 0.000000247. The summed E-state index contributed by atoms with van der Waals surface area (Å²) in [5.74, 6) is 4.03. The summed E-state index contributed by atoms with van der Waals surface area (Å²) in [6.45, 7) is 19.6. The summed E-state index contributed by atoms with van der Waals surface area (Å²) in [6.07, 6.45) is 14.2. The summed E-state index contributed by atoms with van der Waals surface area (Å²) in [5.41, 5.74) is 15.4. The van der Waals surface area contributed by atoms with Gasteiger partial charge < -0.3 is 73.5 Å². The molecule has 0 aromatic heterocycles. The number of carbonyl (C=O) groups is 2. The Morgan fingerprint density at radius 3 is 1.43 bits per heavy atom. The van der Waals surface area contributed by atoms with Crippen LogP contribution in [0.15, 0.2) is 312 Å². The number of nitrogens with two attached hydrogens (primary N) is 1. The van der Waals surface area contributed by atoms with Gasteiger partial charge in [-0.05, 0) is 162 Å². The number of amides is 2. The van der Waals surface area contributed by atoms with Crippen LogP contribution in [-0.2, 0) is 96.0 Å². The second-order valence-corrected chi connectivity index (χ2v) is 40.1. The fourth-order valence-electron chi connectivity index (χ4n) is 17.0. The van der Waals surface area contributed by atoms with Crippen molar-refractivity contribution >= 4 is 134 Å². The standard InChI is InChI=1S/C37H36N2O9S3.C32H16N8O6S2.C10H22N.C9H16N2O2.C9H12.C4H11N3.ClH.Cu.2H3N/c1-3-38(25-27-9-7-11-33(23-27)49(40,41)42)31-19-15-29(16-20-31)37(35-13-5-6-14-36(35)51(46,47)48)30-17-21-32(22-18-30)39(4-2)26-28-10-8-12-34(24-28)50(43,44)45;41-45-46-47-21-13-5-11-19-23(21)31-37-27-17-9-3-1-7-15(17)25(34-27)33-26-16-8-2-4-10-18(16)28(35-26)38-32-24-20(30(40-32)36-29(19)39-31)12-6-14-22(24)48(42,43)44;1-5-9-7-11(3,4)8-10(9)6-2;1-10(2)6-3-7-11-8(12)4-5-9(11)13;1-2-6-9-7-4-3-5-8-9;1-3-7-4(5)6-2;;;;/h5-24H,3-4,25-26H2,1-2H3,(H2-,40,41,42,43,44,45,46,47,48);1-14,41H,(H,42,43,44);9-10H,5-8H2,1-4H3;3-7H2,1-2H3;3-5,7-8H,2,6H2,1H3;3H2,1-2H3,(H3,5,6,7);1H;;2*1H3/q;;+1;;;;;+2;;/p-3. The van der Waals surface area contributed by atoms with Crippen LogP contribution in [0.3, 0.4) is 0 Å². The molecule has 2 amide bonds. The van der Waals surface area contributed by atoms with E-state index in [1.807, 2.05) is 146 Å². The van der Waals surface area contributed by atoms with Gasteiger partial charge in [0.05, 0.1) is 63.7 Å². The Labute approximate surface area is 856 Å². The van der Waals surface area contributed by atoms with Gasteiger partial charge in [-0.2, -0.15) is 4.33 Å². The molecule has 9 aromatic carbocycles. The molecule has 35 nitrogen and oxygen atoms in total. The molecule has 2 fully saturated rings. The first-order chi connectivity index (χ1) is 66.4. The molecular weight excluding hydrogens is 2000 g/mol. The van der Waals surface area contributed by atoms with Crippen LogP contribution in [0, 0.1) is 11.8 Å². The third kappa shape index (κ3) is 30.1. The Bertz CT molecular complexity index is 7010. The fraction of sp³-hybridized carbons (Fsp3) is 0.287. The Kier molecular flexibility index (Phi) is 42.6. The number of guanidine groups is 1. The van der Waals surface area contributed by atoms with Crippen molar-refractivity contribution in [3.63, 3.8) is 0 Å². The van der Waals surface area contributed by atoms with Crippen LogP contribution < -0.4 is 45.9 Å². The van der Waals surface area contributed by atoms with Crippen LogP contribution in [0.2, 0.25) is 0 Å². The second-order valence-electron chi connectivity index (χ2n) is 33.9. The molecule has 7 aliphatic heterocycles. The number of rotatable bonds is 25. The van der Waals surface area contributed by atoms with E-state index in [9.17, 15) is 66.7 Å². The predicted molar refractivity (Wildman–Crippen MR) is 546 cm³/mol. The summed E-state index contributed by atoms with van der Waals surface area (Å²) < 4.78 is 152. The Hall–Kier alpha value is -12.0. The van der Waals surface area contributed by atoms with Gasteiger partial charge in [0.25, 0.3) is 0 Å². The van der Waals surface area contributed by atoms with Gasteiger partial charge in [-0.25, -0.2) is 78.2 Å². The molecule has 11 N–H and O–H groups in total. The molecule has 7 heterocycles. The van der Waals surface area contributed by atoms with E-state index in [-0.39, 0.29) is 114 Å². The number of carbonyl (C=O) groups excluding carboxylic acids is 2. The molecular formula is C101H117ClCuN18O17S5. The average molecular weight is 2110 g/mol. The summed E-state index contributed by atoms with van der Waals surface area (Å²) in [4.78, 5) is 68.3. The zero-order chi connectivity index (χ0) is 100. The van der Waals surface area contributed by atoms with Gasteiger partial charge in [-0.15, -0.1) is 0 Å². The quantitative estimate of drug-likeness (QED) is 0.00394. The third-order valence-electron chi connectivity index (χ3n) is 23.6. The van der Waals surface area contributed by atoms with Crippen molar-refractivity contribution in [3.05, 3.63) is 315 Å². The zero-order valence-corrected chi connectivity index (χ0v) is 87.3. The number of quaternary nitrogens is 3. The van der Waals surface area contributed by atoms with Crippen molar-refractivity contribution in [1.29, 1.82) is 0 Å². The molecule has 2 unspecified atom stereocenters. The predicted octanol–water partition coefficient (Wildman–Crippen LogP) is 10.1. The van der Waals surface area contributed by atoms with E-state index in [1.54, 1.807) is 55.6 Å². The largest absolute Gasteiger partial charge is 2.00 e. The topological polar surface area (TPSA) is 539 Å². The molecule has 1 aliphatic carbocycles. The average Bonchev–Trinajstić information content (AvgIpc) is 1.59. The number of aryl methyl sites for hydroxylation is 1. The third-order valence-corrected chi connectivity index (χ3v) is 27.6. The van der Waals surface area contributed by atoms with Gasteiger partial charge in [0, 0.05) is 131 Å². The number of benzene rings is 9. The molecule has 0 saturated carbocycles. The van der Waals surface area contributed by atoms with E-state index in [0.29, 0.717) is 147 Å². The van der Waals surface area contributed by atoms with Gasteiger partial charge in [-0.1, -0.05) is 185 Å². The molecule has 2 atom stereocenters. The number of anilines is 1. The van der Waals surface area contributed by atoms with Crippen molar-refractivity contribution < 1.29 is 115 Å². The number of nitrogens with zero attached hydrogens (tertiary/aromatic N) is 14. The van der Waals surface area contributed by atoms with Crippen LogP contribution >= 0.6 is 12.0 Å². The maximum Gasteiger partial charge on any atom is 2.00 e. The van der Waals surface area contributed by atoms with Crippen molar-refractivity contribution in [1.82, 2.24) is 27.4 Å². The number of aliphatic imine (C=N–C) groups is 9. The van der Waals surface area contributed by atoms with Crippen molar-refractivity contribution in [2.24, 2.45) is 62.5 Å². The fourth-order valence-corrected chi connectivity index (χ4v) is 19.9. The Morgan fingerprint density at radius 2 is 0.972 bits per heavy atom. The smallest absolute Gasteiger partial charge is 1.00 e. The van der Waals surface area contributed by atoms with Gasteiger partial charge in [0.1, 0.15) is 47.0 Å². The SMILES string of the molecule is CCC1C[N+](C)(C)CC1CC.CCCc1ccccc1.CCN(Cc1cccc(S(=O)(=O)[O-])c1)c1ccc(C(=C2C=CC(=[N+](CC)Cc3cccc(S(=O)(=O)[O-])c3)C=C2)c2ccccc2S(=O)(=O)[O-])cc1.CCNC(N)=NC.CN(C)CCCN1C(=O)CCC1=O.O=S(=O)([O-])c1cccc2c1C1=NC2=NC2=NC(=NC3=NC(=NC4=NC(=N1)c1ccccc14)c1ccccc13)c1c(SOO[O-])cccc12.[Cl-].[Cu+2].[NH4+].[NH4+]. The Morgan fingerprint density at radius 1 is 0.538 bits per heavy atom. The van der Waals surface area contributed by atoms with E-state index in [1.165, 1.54) is 114 Å². The van der Waals surface area contributed by atoms with E-state index < -0.39 is 45.4 Å². The molecule has 1 radical (unpaired) electrons. The van der Waals surface area contributed by atoms with E-state index >= 15 is 0 Å². The number of amidine groups is 8. The van der Waals surface area contributed by atoms with E-state index in [4.69, 9.17) is 40.7 Å². The van der Waals surface area contributed by atoms with Crippen molar-refractivity contribution in [2.75, 3.05) is 86.0 Å². The maximum absolute atomic E-state index is 12.5. The van der Waals surface area contributed by atoms with Crippen LogP contribution in [-0.4, -0.2) is 222 Å². The normalized spacial score (nSPS) is 15.9. The minimum atomic E-state index is -4.96. The van der Waals surface area contributed by atoms with Gasteiger partial charge in [-0.3, -0.25) is 24.5 Å². The van der Waals surface area contributed by atoms with Crippen LogP contribution in [0.4, 0.5) is 5.69 Å². The number of fused-ring (bicyclic) bond motifs is 16. The monoisotopic (exact) mass is 2110 g/mol.